The summed E-state index contributed by atoms with van der Waals surface area (Å²) in [5, 5.41) is 3.48. The summed E-state index contributed by atoms with van der Waals surface area (Å²) in [6.45, 7) is 2.90. The maximum absolute atomic E-state index is 14.7. The number of rotatable bonds is 8. The van der Waals surface area contributed by atoms with Gasteiger partial charge < -0.3 is 21.5 Å². The van der Waals surface area contributed by atoms with E-state index < -0.39 is 53.7 Å². The summed E-state index contributed by atoms with van der Waals surface area (Å²) in [4.78, 5) is 42.0. The molecule has 0 unspecified atom stereocenters. The summed E-state index contributed by atoms with van der Waals surface area (Å²) in [6.07, 6.45) is 0. The van der Waals surface area contributed by atoms with E-state index in [9.17, 15) is 27.6 Å². The molecular formula is C29H26F3N5O4. The number of carbonyl (C=O) groups excluding carboxylic acids is 3. The summed E-state index contributed by atoms with van der Waals surface area (Å²) in [6, 6.07) is 12.3. The fourth-order valence-electron chi connectivity index (χ4n) is 4.01. The number of carbonyl (C=O) groups is 3. The Balaban J connectivity index is 1.77. The molecule has 0 radical (unpaired) electrons. The van der Waals surface area contributed by atoms with Gasteiger partial charge in [-0.3, -0.25) is 9.59 Å². The molecule has 0 bridgehead atoms. The molecule has 1 atom stereocenters. The van der Waals surface area contributed by atoms with Crippen LogP contribution in [-0.4, -0.2) is 35.5 Å². The van der Waals surface area contributed by atoms with Crippen LogP contribution >= 0.6 is 0 Å². The van der Waals surface area contributed by atoms with Crippen molar-refractivity contribution in [1.82, 2.24) is 4.98 Å². The van der Waals surface area contributed by atoms with Crippen LogP contribution in [0.2, 0.25) is 0 Å². The Labute approximate surface area is 232 Å². The van der Waals surface area contributed by atoms with Crippen molar-refractivity contribution in [3.05, 3.63) is 84.2 Å². The molecule has 41 heavy (non-hydrogen) atoms. The maximum atomic E-state index is 14.7. The summed E-state index contributed by atoms with van der Waals surface area (Å²) in [5.41, 5.74) is 11.5. The Hall–Kier alpha value is -4.97. The highest BCUT2D eigenvalue weighted by molar-refractivity contribution is 6.04. The minimum atomic E-state index is -1.21. The van der Waals surface area contributed by atoms with Gasteiger partial charge in [-0.1, -0.05) is 26.0 Å². The van der Waals surface area contributed by atoms with E-state index in [0.717, 1.165) is 18.2 Å². The number of para-hydroxylation sites is 1. The van der Waals surface area contributed by atoms with E-state index in [4.69, 9.17) is 16.2 Å². The number of hydrogen-bond acceptors (Lipinski definition) is 6. The Morgan fingerprint density at radius 2 is 1.63 bits per heavy atom. The average Bonchev–Trinajstić information content (AvgIpc) is 2.92. The van der Waals surface area contributed by atoms with Crippen LogP contribution in [0, 0.1) is 23.4 Å². The molecule has 0 aliphatic carbocycles. The predicted molar refractivity (Wildman–Crippen MR) is 148 cm³/mol. The quantitative estimate of drug-likeness (QED) is 0.257. The molecule has 12 heteroatoms. The van der Waals surface area contributed by atoms with Gasteiger partial charge in [0.05, 0.1) is 5.69 Å². The van der Waals surface area contributed by atoms with Gasteiger partial charge in [0.2, 0.25) is 0 Å². The van der Waals surface area contributed by atoms with E-state index in [1.165, 1.54) is 36.4 Å². The molecule has 1 heterocycles. The number of aromatic nitrogens is 1. The minimum Gasteiger partial charge on any atom is -0.454 e. The van der Waals surface area contributed by atoms with Crippen molar-refractivity contribution in [2.75, 3.05) is 16.8 Å². The molecule has 0 fully saturated rings. The number of halogens is 3. The number of amides is 3. The number of nitrogens with zero attached hydrogens (tertiary/aromatic N) is 2. The lowest BCUT2D eigenvalue weighted by molar-refractivity contribution is -0.149. The lowest BCUT2D eigenvalue weighted by Gasteiger charge is -2.22. The number of anilines is 3. The molecular weight excluding hydrogens is 539 g/mol. The standard InChI is InChI=1S/C29H26F3N5O4/c1-15(2)25(33)28(39)41-14-24(38)35-19-10-11-20-17(12-19)13-23(36-26(20)16-6-8-18(30)9-7-16)37(29(34)40)27-21(31)4-3-5-22(27)32/h3-13,15,25H,14,33H2,1-2H3,(H2,34,40)(H,35,38)/t25-/m0/s1. The predicted octanol–water partition coefficient (Wildman–Crippen LogP) is 5.00. The number of pyridine rings is 1. The van der Waals surface area contributed by atoms with Crippen LogP contribution in [0.4, 0.5) is 35.2 Å². The summed E-state index contributed by atoms with van der Waals surface area (Å²) in [7, 11) is 0. The van der Waals surface area contributed by atoms with Crippen LogP contribution in [0.1, 0.15) is 13.8 Å². The van der Waals surface area contributed by atoms with E-state index in [-0.39, 0.29) is 23.1 Å². The SMILES string of the molecule is CC(C)[C@H](N)C(=O)OCC(=O)Nc1ccc2c(-c3ccc(F)cc3)nc(N(C(N)=O)c3c(F)cccc3F)cc2c1. The zero-order chi connectivity index (χ0) is 29.8. The number of primary amides is 1. The third-order valence-corrected chi connectivity index (χ3v) is 6.17. The fourth-order valence-corrected chi connectivity index (χ4v) is 4.01. The smallest absolute Gasteiger partial charge is 0.325 e. The molecule has 3 aromatic carbocycles. The van der Waals surface area contributed by atoms with Crippen molar-refractivity contribution >= 4 is 45.9 Å². The summed E-state index contributed by atoms with van der Waals surface area (Å²) in [5.74, 6) is -4.38. The molecule has 212 valence electrons. The molecule has 3 amide bonds. The van der Waals surface area contributed by atoms with Crippen LogP contribution in [0.3, 0.4) is 0 Å². The van der Waals surface area contributed by atoms with Gasteiger partial charge in [0.15, 0.2) is 6.61 Å². The first-order valence-corrected chi connectivity index (χ1v) is 12.4. The lowest BCUT2D eigenvalue weighted by atomic mass is 10.0. The molecule has 5 N–H and O–H groups in total. The molecule has 9 nitrogen and oxygen atoms in total. The summed E-state index contributed by atoms with van der Waals surface area (Å²) >= 11 is 0. The van der Waals surface area contributed by atoms with E-state index in [2.05, 4.69) is 10.3 Å². The number of fused-ring (bicyclic) bond motifs is 1. The summed E-state index contributed by atoms with van der Waals surface area (Å²) < 4.78 is 48.1. The Kier molecular flexibility index (Phi) is 8.53. The third kappa shape index (κ3) is 6.44. The van der Waals surface area contributed by atoms with E-state index in [1.807, 2.05) is 0 Å². The zero-order valence-corrected chi connectivity index (χ0v) is 22.0. The lowest BCUT2D eigenvalue weighted by Crippen LogP contribution is -2.38. The number of esters is 1. The van der Waals surface area contributed by atoms with Crippen molar-refractivity contribution in [2.24, 2.45) is 17.4 Å². The first-order valence-electron chi connectivity index (χ1n) is 12.4. The van der Waals surface area contributed by atoms with Crippen molar-refractivity contribution in [3.8, 4) is 11.3 Å². The van der Waals surface area contributed by atoms with Gasteiger partial charge in [-0.2, -0.15) is 0 Å². The number of ether oxygens (including phenoxy) is 1. The van der Waals surface area contributed by atoms with Gasteiger partial charge in [0, 0.05) is 16.6 Å². The highest BCUT2D eigenvalue weighted by Gasteiger charge is 2.26. The Morgan fingerprint density at radius 3 is 2.24 bits per heavy atom. The highest BCUT2D eigenvalue weighted by Crippen LogP contribution is 2.36. The molecule has 0 spiro atoms. The van der Waals surface area contributed by atoms with Crippen LogP contribution in [-0.2, 0) is 14.3 Å². The van der Waals surface area contributed by atoms with E-state index in [0.29, 0.717) is 21.2 Å². The van der Waals surface area contributed by atoms with E-state index in [1.54, 1.807) is 26.0 Å². The van der Waals surface area contributed by atoms with E-state index >= 15 is 0 Å². The van der Waals surface area contributed by atoms with Gasteiger partial charge in [0.1, 0.15) is 35.0 Å². The zero-order valence-electron chi connectivity index (χ0n) is 22.0. The van der Waals surface area contributed by atoms with Crippen molar-refractivity contribution < 1.29 is 32.3 Å². The van der Waals surface area contributed by atoms with Gasteiger partial charge in [-0.25, -0.2) is 27.8 Å². The first kappa shape index (κ1) is 29.0. The van der Waals surface area contributed by atoms with Crippen LogP contribution < -0.4 is 21.7 Å². The van der Waals surface area contributed by atoms with Crippen molar-refractivity contribution in [2.45, 2.75) is 19.9 Å². The largest absolute Gasteiger partial charge is 0.454 e. The number of nitrogens with two attached hydrogens (primary N) is 2. The van der Waals surface area contributed by atoms with Crippen LogP contribution in [0.15, 0.2) is 66.7 Å². The number of benzene rings is 3. The van der Waals surface area contributed by atoms with Gasteiger partial charge >= 0.3 is 12.0 Å². The van der Waals surface area contributed by atoms with Crippen LogP contribution in [0.5, 0.6) is 0 Å². The molecule has 0 saturated heterocycles. The third-order valence-electron chi connectivity index (χ3n) is 6.17. The molecule has 0 aliphatic heterocycles. The van der Waals surface area contributed by atoms with Crippen LogP contribution in [0.25, 0.3) is 22.0 Å². The van der Waals surface area contributed by atoms with Crippen molar-refractivity contribution in [3.63, 3.8) is 0 Å². The minimum absolute atomic E-state index is 0.179. The number of nitrogens with one attached hydrogen (secondary N) is 1. The maximum Gasteiger partial charge on any atom is 0.325 e. The highest BCUT2D eigenvalue weighted by atomic mass is 19.1. The Bertz CT molecular complexity index is 1610. The van der Waals surface area contributed by atoms with Gasteiger partial charge in [0.25, 0.3) is 5.91 Å². The number of urea groups is 1. The fraction of sp³-hybridized carbons (Fsp3) is 0.172. The second kappa shape index (κ2) is 12.0. The monoisotopic (exact) mass is 565 g/mol. The normalized spacial score (nSPS) is 11.8. The van der Waals surface area contributed by atoms with Crippen molar-refractivity contribution in [1.29, 1.82) is 0 Å². The molecule has 0 aliphatic rings. The van der Waals surface area contributed by atoms with Gasteiger partial charge in [-0.05, 0) is 65.9 Å². The molecule has 1 aromatic heterocycles. The molecule has 4 rings (SSSR count). The second-order valence-corrected chi connectivity index (χ2v) is 9.44. The Morgan fingerprint density at radius 1 is 0.976 bits per heavy atom. The second-order valence-electron chi connectivity index (χ2n) is 9.44. The first-order chi connectivity index (χ1) is 19.5. The molecule has 0 saturated carbocycles. The van der Waals surface area contributed by atoms with Gasteiger partial charge in [-0.15, -0.1) is 0 Å². The average molecular weight is 566 g/mol. The molecule has 4 aromatic rings. The number of hydrogen-bond donors (Lipinski definition) is 3. The topological polar surface area (TPSA) is 141 Å².